The molecule has 0 spiro atoms. The first kappa shape index (κ1) is 11.7. The predicted molar refractivity (Wildman–Crippen MR) is 63.5 cm³/mol. The molecule has 0 bridgehead atoms. The molecule has 0 heterocycles. The average molecular weight is 356 g/mol. The first-order chi connectivity index (χ1) is 4.56. The van der Waals surface area contributed by atoms with E-state index in [0.29, 0.717) is 0 Å². The van der Waals surface area contributed by atoms with Crippen molar-refractivity contribution in [1.29, 1.82) is 0 Å². The molecule has 1 atom stereocenters. The van der Waals surface area contributed by atoms with Crippen molar-refractivity contribution in [3.05, 3.63) is 0 Å². The van der Waals surface area contributed by atoms with Crippen LogP contribution in [0.1, 0.15) is 32.6 Å². The van der Waals surface area contributed by atoms with Crippen molar-refractivity contribution in [2.45, 2.75) is 38.7 Å². The second-order valence-corrected chi connectivity index (χ2v) is 23.4. The Bertz CT molecular complexity index is 84.3. The highest BCUT2D eigenvalue weighted by Crippen LogP contribution is 2.32. The average Bonchev–Trinajstić information content (AvgIpc) is 1.78. The van der Waals surface area contributed by atoms with E-state index in [2.05, 4.69) is 44.0 Å². The number of hydrogen-bond donors (Lipinski definition) is 0. The van der Waals surface area contributed by atoms with Gasteiger partial charge in [-0.25, -0.2) is 0 Å². The van der Waals surface area contributed by atoms with Gasteiger partial charge in [0.15, 0.2) is 0 Å². The lowest BCUT2D eigenvalue weighted by Crippen LogP contribution is -2.05. The zero-order valence-corrected chi connectivity index (χ0v) is 11.7. The van der Waals surface area contributed by atoms with Gasteiger partial charge in [0.2, 0.25) is 0 Å². The number of hydrogen-bond acceptors (Lipinski definition) is 0. The summed E-state index contributed by atoms with van der Waals surface area (Å²) in [5.41, 5.74) is 0. The van der Waals surface area contributed by atoms with Crippen LogP contribution in [0.5, 0.6) is 0 Å². The van der Waals surface area contributed by atoms with Crippen molar-refractivity contribution in [2.75, 3.05) is 0 Å². The molecule has 0 amide bonds. The summed E-state index contributed by atoms with van der Waals surface area (Å²) in [6, 6.07) is 1.19. The molecule has 62 valence electrons. The fourth-order valence-electron chi connectivity index (χ4n) is 0.752. The summed E-state index contributed by atoms with van der Waals surface area (Å²) in [5.74, 6) is 0. The van der Waals surface area contributed by atoms with E-state index in [1.165, 1.54) is 31.7 Å². The minimum absolute atomic E-state index is 1.19. The molecule has 4 heteroatoms. The smallest absolute Gasteiger partial charge is 0.138 e. The summed E-state index contributed by atoms with van der Waals surface area (Å²) < 4.78 is -1.45. The van der Waals surface area contributed by atoms with Gasteiger partial charge in [-0.1, -0.05) is 69.7 Å². The van der Waals surface area contributed by atoms with Crippen molar-refractivity contribution in [1.82, 2.24) is 0 Å². The summed E-state index contributed by atoms with van der Waals surface area (Å²) in [5, 5.41) is 0. The zero-order chi connectivity index (χ0) is 8.04. The molecule has 10 heavy (non-hydrogen) atoms. The van der Waals surface area contributed by atoms with Gasteiger partial charge in [0.1, 0.15) is 0 Å². The third-order valence-electron chi connectivity index (χ3n) is 1.31. The molecular formula is C6H13BrClISi. The van der Waals surface area contributed by atoms with Gasteiger partial charge in [0.05, 0.1) is 0 Å². The van der Waals surface area contributed by atoms with E-state index in [0.717, 1.165) is 0 Å². The fraction of sp³-hybridized carbons (Fsp3) is 1.00. The Labute approximate surface area is 89.6 Å². The van der Waals surface area contributed by atoms with E-state index in [1.54, 1.807) is 0 Å². The molecule has 0 aromatic carbocycles. The van der Waals surface area contributed by atoms with Gasteiger partial charge in [-0.05, 0) is 6.04 Å². The van der Waals surface area contributed by atoms with Crippen LogP contribution < -0.4 is 0 Å². The number of unbranched alkanes of at least 4 members (excludes halogenated alkanes) is 3. The second kappa shape index (κ2) is 6.26. The maximum Gasteiger partial charge on any atom is 0.287 e. The number of halogens is 3. The molecule has 0 saturated carbocycles. The van der Waals surface area contributed by atoms with E-state index >= 15 is 0 Å². The third-order valence-corrected chi connectivity index (χ3v) is 5.61. The van der Waals surface area contributed by atoms with Gasteiger partial charge in [0, 0.05) is 0 Å². The first-order valence-corrected chi connectivity index (χ1v) is 12.2. The molecule has 0 aliphatic heterocycles. The minimum atomic E-state index is -1.45. The van der Waals surface area contributed by atoms with Crippen LogP contribution in [-0.4, -0.2) is 3.50 Å². The van der Waals surface area contributed by atoms with Crippen LogP contribution in [0.25, 0.3) is 0 Å². The molecule has 0 aromatic heterocycles. The summed E-state index contributed by atoms with van der Waals surface area (Å²) in [4.78, 5) is 0. The molecule has 0 rings (SSSR count). The van der Waals surface area contributed by atoms with Crippen LogP contribution in [0.3, 0.4) is 0 Å². The Hall–Kier alpha value is 1.72. The summed E-state index contributed by atoms with van der Waals surface area (Å²) >= 11 is 11.9. The largest absolute Gasteiger partial charge is 0.287 e. The Balaban J connectivity index is 3.04. The second-order valence-electron chi connectivity index (χ2n) is 2.43. The standard InChI is InChI=1S/C6H13BrClISi/c1-2-3-4-5-6-10(7,8)9/h2-6H2,1H3. The molecule has 0 aliphatic carbocycles. The number of rotatable bonds is 5. The fourth-order valence-corrected chi connectivity index (χ4v) is 3.79. The van der Waals surface area contributed by atoms with Crippen molar-refractivity contribution >= 4 is 51.7 Å². The Kier molecular flexibility index (Phi) is 7.33. The van der Waals surface area contributed by atoms with Crippen LogP contribution in [0, 0.1) is 0 Å². The van der Waals surface area contributed by atoms with Gasteiger partial charge in [-0.15, -0.1) is 11.1 Å². The molecule has 1 unspecified atom stereocenters. The van der Waals surface area contributed by atoms with Crippen LogP contribution in [0.2, 0.25) is 6.04 Å². The van der Waals surface area contributed by atoms with Crippen LogP contribution in [-0.2, 0) is 0 Å². The van der Waals surface area contributed by atoms with Gasteiger partial charge in [0.25, 0.3) is 3.50 Å². The minimum Gasteiger partial charge on any atom is -0.138 e. The normalized spacial score (nSPS) is 16.8. The molecule has 0 nitrogen and oxygen atoms in total. The van der Waals surface area contributed by atoms with Gasteiger partial charge >= 0.3 is 0 Å². The van der Waals surface area contributed by atoms with Crippen LogP contribution in [0.15, 0.2) is 0 Å². The van der Waals surface area contributed by atoms with E-state index in [1.807, 2.05) is 0 Å². The molecule has 0 N–H and O–H groups in total. The van der Waals surface area contributed by atoms with Gasteiger partial charge in [-0.3, -0.25) is 0 Å². The molecule has 0 saturated heterocycles. The highest BCUT2D eigenvalue weighted by atomic mass is 127. The SMILES string of the molecule is CCCCCC[Si](Cl)(Br)I. The lowest BCUT2D eigenvalue weighted by Gasteiger charge is -2.06. The molecular weight excluding hydrogens is 342 g/mol. The van der Waals surface area contributed by atoms with Crippen LogP contribution >= 0.6 is 48.2 Å². The van der Waals surface area contributed by atoms with Crippen molar-refractivity contribution in [3.8, 4) is 0 Å². The lowest BCUT2D eigenvalue weighted by atomic mass is 10.2. The molecule has 0 fully saturated rings. The molecule has 0 radical (unpaired) electrons. The van der Waals surface area contributed by atoms with Gasteiger partial charge in [-0.2, -0.15) is 0 Å². The maximum atomic E-state index is 6.05. The zero-order valence-electron chi connectivity index (χ0n) is 6.17. The predicted octanol–water partition coefficient (Wildman–Crippen LogP) is 4.57. The summed E-state index contributed by atoms with van der Waals surface area (Å²) in [6.45, 7) is 2.23. The van der Waals surface area contributed by atoms with Crippen molar-refractivity contribution < 1.29 is 0 Å². The maximum absolute atomic E-state index is 6.05. The highest BCUT2D eigenvalue weighted by Gasteiger charge is 2.21. The van der Waals surface area contributed by atoms with Crippen molar-refractivity contribution in [2.24, 2.45) is 0 Å². The monoisotopic (exact) mass is 354 g/mol. The molecule has 0 aliphatic rings. The highest BCUT2D eigenvalue weighted by molar-refractivity contribution is 14.1. The Morgan fingerprint density at radius 2 is 2.00 bits per heavy atom. The lowest BCUT2D eigenvalue weighted by molar-refractivity contribution is 0.701. The molecule has 0 aromatic rings. The van der Waals surface area contributed by atoms with E-state index < -0.39 is 3.50 Å². The van der Waals surface area contributed by atoms with Crippen LogP contribution in [0.4, 0.5) is 0 Å². The summed E-state index contributed by atoms with van der Waals surface area (Å²) in [6.07, 6.45) is 5.29. The van der Waals surface area contributed by atoms with Gasteiger partial charge < -0.3 is 0 Å². The quantitative estimate of drug-likeness (QED) is 0.293. The Morgan fingerprint density at radius 1 is 1.40 bits per heavy atom. The van der Waals surface area contributed by atoms with E-state index in [9.17, 15) is 0 Å². The summed E-state index contributed by atoms with van der Waals surface area (Å²) in [7, 11) is 0. The van der Waals surface area contributed by atoms with E-state index in [4.69, 9.17) is 11.1 Å². The van der Waals surface area contributed by atoms with E-state index in [-0.39, 0.29) is 0 Å². The topological polar surface area (TPSA) is 0 Å². The third kappa shape index (κ3) is 9.72. The van der Waals surface area contributed by atoms with Crippen molar-refractivity contribution in [3.63, 3.8) is 0 Å². The Morgan fingerprint density at radius 3 is 2.40 bits per heavy atom. The first-order valence-electron chi connectivity index (χ1n) is 3.63.